The maximum atomic E-state index is 11.3. The predicted octanol–water partition coefficient (Wildman–Crippen LogP) is 6.14. The summed E-state index contributed by atoms with van der Waals surface area (Å²) in [4.78, 5) is -0.100. The van der Waals surface area contributed by atoms with E-state index in [1.165, 1.54) is 12.1 Å². The van der Waals surface area contributed by atoms with Gasteiger partial charge in [-0.2, -0.15) is 16.8 Å². The molecule has 0 aliphatic heterocycles. The first kappa shape index (κ1) is 30.1. The highest BCUT2D eigenvalue weighted by atomic mass is 32.2. The number of rotatable bonds is 2. The van der Waals surface area contributed by atoms with E-state index in [-0.39, 0.29) is 9.79 Å². The van der Waals surface area contributed by atoms with Crippen molar-refractivity contribution in [1.82, 2.24) is 0 Å². The third-order valence-electron chi connectivity index (χ3n) is 5.97. The molecule has 41 heavy (non-hydrogen) atoms. The fourth-order valence-corrected chi connectivity index (χ4v) is 5.74. The van der Waals surface area contributed by atoms with E-state index in [9.17, 15) is 34.4 Å². The molecule has 0 fully saturated rings. The fraction of sp³-hybridized carbons (Fsp3) is 0.0667. The van der Waals surface area contributed by atoms with E-state index in [1.807, 2.05) is 72.8 Å². The summed E-state index contributed by atoms with van der Waals surface area (Å²) in [5.74, 6) is 0. The first-order valence-electron chi connectivity index (χ1n) is 12.0. The second kappa shape index (κ2) is 11.6. The lowest BCUT2D eigenvalue weighted by atomic mass is 10.0. The van der Waals surface area contributed by atoms with Crippen LogP contribution >= 0.6 is 0 Å². The van der Waals surface area contributed by atoms with E-state index in [1.54, 1.807) is 24.3 Å². The molecule has 212 valence electrons. The van der Waals surface area contributed by atoms with Crippen LogP contribution in [0.4, 0.5) is 0 Å². The van der Waals surface area contributed by atoms with Crippen LogP contribution in [0.25, 0.3) is 43.1 Å². The molecular formula is C30H26O8S3. The zero-order valence-electron chi connectivity index (χ0n) is 22.0. The summed E-state index contributed by atoms with van der Waals surface area (Å²) in [6.07, 6.45) is 2.32. The van der Waals surface area contributed by atoms with E-state index >= 15 is 0 Å². The molecule has 0 bridgehead atoms. The van der Waals surface area contributed by atoms with Crippen LogP contribution in [0.5, 0.6) is 0 Å². The minimum Gasteiger partial charge on any atom is -0.282 e. The Morgan fingerprint density at radius 2 is 0.683 bits per heavy atom. The van der Waals surface area contributed by atoms with Crippen molar-refractivity contribution in [2.45, 2.75) is 9.79 Å². The Balaban J connectivity index is 0.000000163. The largest absolute Gasteiger partial charge is 0.295 e. The van der Waals surface area contributed by atoms with E-state index < -0.39 is 30.1 Å². The summed E-state index contributed by atoms with van der Waals surface area (Å²) in [5, 5.41) is 6.64. The van der Waals surface area contributed by atoms with Gasteiger partial charge in [0.1, 0.15) is 19.6 Å². The lowest BCUT2D eigenvalue weighted by Crippen LogP contribution is -1.98. The van der Waals surface area contributed by atoms with Gasteiger partial charge < -0.3 is 0 Å². The molecule has 0 heterocycles. The van der Waals surface area contributed by atoms with E-state index in [2.05, 4.69) is 0 Å². The molecular weight excluding hydrogens is 585 g/mol. The molecule has 0 aromatic heterocycles. The molecule has 0 aliphatic carbocycles. The molecule has 0 spiro atoms. The Hall–Kier alpha value is -3.87. The normalized spacial score (nSPS) is 12.0. The van der Waals surface area contributed by atoms with Crippen LogP contribution in [0.15, 0.2) is 119 Å². The average Bonchev–Trinajstić information content (AvgIpc) is 2.88. The molecule has 0 saturated carbocycles. The highest BCUT2D eigenvalue weighted by Gasteiger charge is 2.15. The van der Waals surface area contributed by atoms with Crippen molar-refractivity contribution in [3.63, 3.8) is 0 Å². The molecule has 2 N–H and O–H groups in total. The van der Waals surface area contributed by atoms with Gasteiger partial charge in [-0.1, -0.05) is 72.8 Å². The van der Waals surface area contributed by atoms with Gasteiger partial charge in [0.05, 0.1) is 0 Å². The Bertz CT molecular complexity index is 2090. The van der Waals surface area contributed by atoms with Crippen LogP contribution < -0.4 is 0 Å². The first-order valence-corrected chi connectivity index (χ1v) is 17.2. The SMILES string of the molecule is CS(C)(=O)=O.O=S(=O)(O)c1cccc2cc3ccccc3cc12.O=S(=O)(O)c1cccc2cc3ccccc3cc12. The second-order valence-electron chi connectivity index (χ2n) is 9.45. The number of fused-ring (bicyclic) bond motifs is 4. The predicted molar refractivity (Wildman–Crippen MR) is 163 cm³/mol. The van der Waals surface area contributed by atoms with E-state index in [0.29, 0.717) is 10.8 Å². The Kier molecular flexibility index (Phi) is 8.48. The highest BCUT2D eigenvalue weighted by molar-refractivity contribution is 7.90. The summed E-state index contributed by atoms with van der Waals surface area (Å²) >= 11 is 0. The van der Waals surface area contributed by atoms with Gasteiger partial charge in [-0.25, -0.2) is 8.42 Å². The Labute approximate surface area is 238 Å². The van der Waals surface area contributed by atoms with Gasteiger partial charge in [-0.05, 0) is 68.7 Å². The van der Waals surface area contributed by atoms with E-state index in [0.717, 1.165) is 44.8 Å². The van der Waals surface area contributed by atoms with Crippen molar-refractivity contribution in [1.29, 1.82) is 0 Å². The topological polar surface area (TPSA) is 143 Å². The summed E-state index contributed by atoms with van der Waals surface area (Å²) in [6.45, 7) is 0. The number of benzene rings is 6. The number of hydrogen-bond acceptors (Lipinski definition) is 6. The quantitative estimate of drug-likeness (QED) is 0.176. The highest BCUT2D eigenvalue weighted by Crippen LogP contribution is 2.29. The van der Waals surface area contributed by atoms with Gasteiger partial charge in [0.15, 0.2) is 0 Å². The lowest BCUT2D eigenvalue weighted by molar-refractivity contribution is 0.482. The number of sulfone groups is 1. The monoisotopic (exact) mass is 610 g/mol. The summed E-state index contributed by atoms with van der Waals surface area (Å²) < 4.78 is 83.1. The molecule has 0 radical (unpaired) electrons. The van der Waals surface area contributed by atoms with Crippen molar-refractivity contribution >= 4 is 73.2 Å². The Morgan fingerprint density at radius 1 is 0.415 bits per heavy atom. The van der Waals surface area contributed by atoms with Gasteiger partial charge in [0.2, 0.25) is 0 Å². The summed E-state index contributed by atoms with van der Waals surface area (Å²) in [7, 11) is -11.1. The van der Waals surface area contributed by atoms with Gasteiger partial charge in [-0.15, -0.1) is 0 Å². The zero-order valence-corrected chi connectivity index (χ0v) is 24.4. The zero-order chi connectivity index (χ0) is 30.0. The van der Waals surface area contributed by atoms with Gasteiger partial charge in [-0.3, -0.25) is 9.11 Å². The van der Waals surface area contributed by atoms with Crippen molar-refractivity contribution < 1.29 is 34.4 Å². The Morgan fingerprint density at radius 3 is 0.976 bits per heavy atom. The standard InChI is InChI=1S/2C14H10O3S.C2H6O2S/c2*15-18(16,17)14-7-3-6-12-8-10-4-1-2-5-11(10)9-13(12)14;1-5(2,3)4/h2*1-9H,(H,15,16,17);1-2H3. The molecule has 6 aromatic carbocycles. The third-order valence-corrected chi connectivity index (χ3v) is 7.79. The van der Waals surface area contributed by atoms with Crippen LogP contribution in [-0.2, 0) is 30.1 Å². The molecule has 0 unspecified atom stereocenters. The minimum absolute atomic E-state index is 0.0502. The maximum Gasteiger partial charge on any atom is 0.295 e. The van der Waals surface area contributed by atoms with Gasteiger partial charge >= 0.3 is 0 Å². The number of hydrogen-bond donors (Lipinski definition) is 2. The molecule has 6 rings (SSSR count). The van der Waals surface area contributed by atoms with Crippen molar-refractivity contribution in [2.75, 3.05) is 12.5 Å². The first-order chi connectivity index (χ1) is 19.1. The van der Waals surface area contributed by atoms with Gasteiger partial charge in [0.25, 0.3) is 20.2 Å². The van der Waals surface area contributed by atoms with Crippen LogP contribution in [0.2, 0.25) is 0 Å². The van der Waals surface area contributed by atoms with Gasteiger partial charge in [0, 0.05) is 23.3 Å². The molecule has 0 aliphatic rings. The third kappa shape index (κ3) is 7.66. The molecule has 6 aromatic rings. The van der Waals surface area contributed by atoms with Crippen molar-refractivity contribution in [3.8, 4) is 0 Å². The molecule has 11 heteroatoms. The summed E-state index contributed by atoms with van der Waals surface area (Å²) in [6, 6.07) is 32.5. The molecule has 0 atom stereocenters. The maximum absolute atomic E-state index is 11.3. The smallest absolute Gasteiger partial charge is 0.282 e. The summed E-state index contributed by atoms with van der Waals surface area (Å²) in [5.41, 5.74) is 0. The lowest BCUT2D eigenvalue weighted by Gasteiger charge is -2.05. The van der Waals surface area contributed by atoms with Crippen molar-refractivity contribution in [2.24, 2.45) is 0 Å². The average molecular weight is 611 g/mol. The van der Waals surface area contributed by atoms with Crippen molar-refractivity contribution in [3.05, 3.63) is 109 Å². The fourth-order valence-electron chi connectivity index (χ4n) is 4.33. The minimum atomic E-state index is -4.20. The molecule has 0 saturated heterocycles. The molecule has 8 nitrogen and oxygen atoms in total. The van der Waals surface area contributed by atoms with E-state index in [4.69, 9.17) is 0 Å². The van der Waals surface area contributed by atoms with Crippen LogP contribution in [0.1, 0.15) is 0 Å². The van der Waals surface area contributed by atoms with Crippen LogP contribution in [0, 0.1) is 0 Å². The van der Waals surface area contributed by atoms with Crippen LogP contribution in [0.3, 0.4) is 0 Å². The van der Waals surface area contributed by atoms with Crippen LogP contribution in [-0.4, -0.2) is 46.9 Å². The molecule has 0 amide bonds. The second-order valence-corrected chi connectivity index (χ2v) is 14.5.